The number of nitrogens with zero attached hydrogens (tertiary/aromatic N) is 2. The Bertz CT molecular complexity index is 1190. The van der Waals surface area contributed by atoms with Crippen LogP contribution in [0, 0.1) is 0 Å². The first-order chi connectivity index (χ1) is 15.1. The first kappa shape index (κ1) is 19.2. The van der Waals surface area contributed by atoms with Crippen molar-refractivity contribution in [1.29, 1.82) is 0 Å². The smallest absolute Gasteiger partial charge is 0.300 e. The van der Waals surface area contributed by atoms with Crippen LogP contribution in [0.1, 0.15) is 41.3 Å². The van der Waals surface area contributed by atoms with Crippen molar-refractivity contribution in [2.45, 2.75) is 31.7 Å². The number of aromatic nitrogens is 1. The number of aliphatic hydroxyl groups is 1. The van der Waals surface area contributed by atoms with E-state index >= 15 is 0 Å². The van der Waals surface area contributed by atoms with E-state index < -0.39 is 17.7 Å². The summed E-state index contributed by atoms with van der Waals surface area (Å²) in [4.78, 5) is 32.0. The highest BCUT2D eigenvalue weighted by atomic mass is 16.3. The number of pyridine rings is 1. The Morgan fingerprint density at radius 2 is 1.65 bits per heavy atom. The van der Waals surface area contributed by atoms with Gasteiger partial charge in [-0.15, -0.1) is 0 Å². The summed E-state index contributed by atoms with van der Waals surface area (Å²) in [6, 6.07) is 19.4. The zero-order valence-electron chi connectivity index (χ0n) is 17.0. The monoisotopic (exact) mass is 410 g/mol. The third-order valence-corrected chi connectivity index (χ3v) is 6.07. The second-order valence-corrected chi connectivity index (χ2v) is 7.95. The maximum Gasteiger partial charge on any atom is 0.300 e. The molecule has 5 nitrogen and oxygen atoms in total. The highest BCUT2D eigenvalue weighted by Gasteiger charge is 2.47. The third-order valence-electron chi connectivity index (χ3n) is 6.07. The van der Waals surface area contributed by atoms with Gasteiger partial charge in [-0.25, -0.2) is 0 Å². The van der Waals surface area contributed by atoms with Crippen LogP contribution in [-0.4, -0.2) is 21.8 Å². The third kappa shape index (κ3) is 3.32. The van der Waals surface area contributed by atoms with E-state index in [2.05, 4.69) is 4.98 Å². The van der Waals surface area contributed by atoms with E-state index in [0.29, 0.717) is 16.9 Å². The van der Waals surface area contributed by atoms with Gasteiger partial charge in [0.1, 0.15) is 11.8 Å². The molecule has 2 aromatic carbocycles. The number of anilines is 1. The van der Waals surface area contributed by atoms with E-state index in [-0.39, 0.29) is 11.3 Å². The summed E-state index contributed by atoms with van der Waals surface area (Å²) >= 11 is 0. The molecule has 2 aliphatic rings. The number of hydrogen-bond acceptors (Lipinski definition) is 4. The first-order valence-electron chi connectivity index (χ1n) is 10.5. The van der Waals surface area contributed by atoms with Crippen molar-refractivity contribution >= 4 is 23.1 Å². The molecule has 1 atom stereocenters. The van der Waals surface area contributed by atoms with Gasteiger partial charge in [0, 0.05) is 17.4 Å². The topological polar surface area (TPSA) is 70.5 Å². The minimum atomic E-state index is -0.792. The second-order valence-electron chi connectivity index (χ2n) is 7.95. The molecule has 1 aromatic heterocycles. The number of amides is 1. The highest BCUT2D eigenvalue weighted by molar-refractivity contribution is 6.51. The van der Waals surface area contributed by atoms with Gasteiger partial charge in [-0.1, -0.05) is 36.4 Å². The number of carbonyl (C=O) groups excluding carboxylic acids is 2. The van der Waals surface area contributed by atoms with Gasteiger partial charge in [0.25, 0.3) is 11.7 Å². The van der Waals surface area contributed by atoms with Crippen LogP contribution in [0.3, 0.4) is 0 Å². The first-order valence-corrected chi connectivity index (χ1v) is 10.5. The van der Waals surface area contributed by atoms with Crippen molar-refractivity contribution in [2.75, 3.05) is 4.90 Å². The Balaban J connectivity index is 1.69. The maximum absolute atomic E-state index is 13.1. The zero-order valence-corrected chi connectivity index (χ0v) is 17.0. The standard InChI is InChI=1S/C26H22N2O3/c29-24(19-14-13-17-8-4-5-9-18(17)16-19)22-23(21-12-6-7-15-27-21)28(26(31)25(22)30)20-10-2-1-3-11-20/h1-3,6-7,10-16,23,29H,4-5,8-9H2/b24-22-. The summed E-state index contributed by atoms with van der Waals surface area (Å²) < 4.78 is 0. The molecular formula is C26H22N2O3. The molecule has 1 aliphatic heterocycles. The molecule has 1 amide bonds. The van der Waals surface area contributed by atoms with Crippen molar-refractivity contribution in [3.8, 4) is 0 Å². The predicted octanol–water partition coefficient (Wildman–Crippen LogP) is 4.59. The number of aryl methyl sites for hydroxylation is 2. The SMILES string of the molecule is O=C1C(=O)N(c2ccccc2)C(c2ccccn2)/C1=C(/O)c1ccc2c(c1)CCCC2. The average molecular weight is 410 g/mol. The number of Topliss-reactive ketones (excluding diaryl/α,β-unsaturated/α-hetero) is 1. The molecule has 2 heterocycles. The number of para-hydroxylation sites is 1. The number of benzene rings is 2. The minimum absolute atomic E-state index is 0.0725. The Morgan fingerprint density at radius 3 is 2.39 bits per heavy atom. The van der Waals surface area contributed by atoms with Crippen molar-refractivity contribution in [3.05, 3.63) is 101 Å². The van der Waals surface area contributed by atoms with E-state index in [4.69, 9.17) is 0 Å². The predicted molar refractivity (Wildman–Crippen MR) is 119 cm³/mol. The van der Waals surface area contributed by atoms with Crippen LogP contribution in [0.25, 0.3) is 5.76 Å². The number of fused-ring (bicyclic) bond motifs is 1. The lowest BCUT2D eigenvalue weighted by Crippen LogP contribution is -2.29. The van der Waals surface area contributed by atoms with Crippen LogP contribution in [0.4, 0.5) is 5.69 Å². The van der Waals surface area contributed by atoms with Crippen LogP contribution in [0.5, 0.6) is 0 Å². The van der Waals surface area contributed by atoms with Crippen LogP contribution < -0.4 is 4.90 Å². The van der Waals surface area contributed by atoms with Gasteiger partial charge in [0.05, 0.1) is 11.3 Å². The van der Waals surface area contributed by atoms with Gasteiger partial charge < -0.3 is 5.11 Å². The van der Waals surface area contributed by atoms with E-state index in [1.165, 1.54) is 22.4 Å². The lowest BCUT2D eigenvalue weighted by Gasteiger charge is -2.24. The number of carbonyl (C=O) groups is 2. The van der Waals surface area contributed by atoms with Crippen LogP contribution in [0.2, 0.25) is 0 Å². The molecule has 0 spiro atoms. The summed E-state index contributed by atoms with van der Waals surface area (Å²) in [5.41, 5.74) is 4.24. The van der Waals surface area contributed by atoms with Gasteiger partial charge in [-0.2, -0.15) is 0 Å². The Labute approximate surface area is 180 Å². The highest BCUT2D eigenvalue weighted by Crippen LogP contribution is 2.41. The summed E-state index contributed by atoms with van der Waals surface area (Å²) in [7, 11) is 0. The summed E-state index contributed by atoms with van der Waals surface area (Å²) in [5, 5.41) is 11.3. The van der Waals surface area contributed by atoms with Gasteiger partial charge >= 0.3 is 0 Å². The van der Waals surface area contributed by atoms with Crippen molar-refractivity contribution in [2.24, 2.45) is 0 Å². The van der Waals surface area contributed by atoms with Crippen LogP contribution in [-0.2, 0) is 22.4 Å². The molecule has 0 radical (unpaired) electrons. The van der Waals surface area contributed by atoms with Crippen molar-refractivity contribution < 1.29 is 14.7 Å². The number of aliphatic hydroxyl groups excluding tert-OH is 1. The quantitative estimate of drug-likeness (QED) is 0.390. The molecule has 1 fully saturated rings. The molecule has 1 N–H and O–H groups in total. The molecule has 0 bridgehead atoms. The number of hydrogen-bond donors (Lipinski definition) is 1. The Kier molecular flexibility index (Phi) is 4.86. The molecule has 0 saturated carbocycles. The van der Waals surface area contributed by atoms with Gasteiger partial charge in [0.2, 0.25) is 0 Å². The molecular weight excluding hydrogens is 388 g/mol. The summed E-state index contributed by atoms with van der Waals surface area (Å²) in [6.07, 6.45) is 5.89. The summed E-state index contributed by atoms with van der Waals surface area (Å²) in [6.45, 7) is 0. The molecule has 154 valence electrons. The largest absolute Gasteiger partial charge is 0.507 e. The Morgan fingerprint density at radius 1 is 0.903 bits per heavy atom. The van der Waals surface area contributed by atoms with Gasteiger partial charge in [-0.05, 0) is 67.1 Å². The van der Waals surface area contributed by atoms with Gasteiger partial charge in [0.15, 0.2) is 0 Å². The lowest BCUT2D eigenvalue weighted by atomic mass is 9.89. The van der Waals surface area contributed by atoms with E-state index in [9.17, 15) is 14.7 Å². The average Bonchev–Trinajstić information content (AvgIpc) is 3.10. The fraction of sp³-hybridized carbons (Fsp3) is 0.192. The maximum atomic E-state index is 13.1. The fourth-order valence-corrected chi connectivity index (χ4v) is 4.54. The molecule has 1 aliphatic carbocycles. The summed E-state index contributed by atoms with van der Waals surface area (Å²) in [5.74, 6) is -1.52. The fourth-order valence-electron chi connectivity index (χ4n) is 4.54. The van der Waals surface area contributed by atoms with Crippen molar-refractivity contribution in [1.82, 2.24) is 4.98 Å². The lowest BCUT2D eigenvalue weighted by molar-refractivity contribution is -0.132. The normalized spacial score (nSPS) is 20.0. The number of ketones is 1. The molecule has 1 saturated heterocycles. The molecule has 1 unspecified atom stereocenters. The van der Waals surface area contributed by atoms with E-state index in [1.54, 1.807) is 30.5 Å². The van der Waals surface area contributed by atoms with E-state index in [0.717, 1.165) is 19.3 Å². The minimum Gasteiger partial charge on any atom is -0.507 e. The molecule has 5 rings (SSSR count). The molecule has 5 heteroatoms. The van der Waals surface area contributed by atoms with Gasteiger partial charge in [-0.3, -0.25) is 19.5 Å². The Hall–Kier alpha value is -3.73. The molecule has 3 aromatic rings. The van der Waals surface area contributed by atoms with Crippen LogP contribution in [0.15, 0.2) is 78.5 Å². The van der Waals surface area contributed by atoms with Crippen molar-refractivity contribution in [3.63, 3.8) is 0 Å². The molecule has 31 heavy (non-hydrogen) atoms. The van der Waals surface area contributed by atoms with Crippen LogP contribution >= 0.6 is 0 Å². The van der Waals surface area contributed by atoms with E-state index in [1.807, 2.05) is 42.5 Å². The second kappa shape index (κ2) is 7.84. The number of rotatable bonds is 3. The zero-order chi connectivity index (χ0) is 21.4.